The summed E-state index contributed by atoms with van der Waals surface area (Å²) in [5.74, 6) is 0.798. The van der Waals surface area contributed by atoms with E-state index in [-0.39, 0.29) is 5.97 Å². The van der Waals surface area contributed by atoms with Crippen molar-refractivity contribution >= 4 is 21.9 Å². The second kappa shape index (κ2) is 8.04. The van der Waals surface area contributed by atoms with Crippen molar-refractivity contribution in [2.24, 2.45) is 0 Å². The topological polar surface area (TPSA) is 44.8 Å². The molecular formula is C14H19BrO4. The van der Waals surface area contributed by atoms with Crippen LogP contribution in [0.15, 0.2) is 16.6 Å². The van der Waals surface area contributed by atoms with Gasteiger partial charge in [-0.25, -0.2) is 4.79 Å². The highest BCUT2D eigenvalue weighted by Crippen LogP contribution is 2.36. The zero-order valence-electron chi connectivity index (χ0n) is 11.5. The van der Waals surface area contributed by atoms with E-state index in [1.165, 1.54) is 0 Å². The van der Waals surface area contributed by atoms with Gasteiger partial charge in [0.1, 0.15) is 16.0 Å². The summed E-state index contributed by atoms with van der Waals surface area (Å²) in [6.45, 7) is 7.11. The number of carbonyl (C=O) groups excluding carboxylic acids is 1. The number of halogens is 1. The van der Waals surface area contributed by atoms with E-state index in [0.717, 1.165) is 10.9 Å². The summed E-state index contributed by atoms with van der Waals surface area (Å²) < 4.78 is 16.8. The second-order valence-electron chi connectivity index (χ2n) is 3.79. The summed E-state index contributed by atoms with van der Waals surface area (Å²) >= 11 is 3.43. The maximum absolute atomic E-state index is 11.8. The number of esters is 1. The number of hydrogen-bond acceptors (Lipinski definition) is 4. The Hall–Kier alpha value is -1.23. The van der Waals surface area contributed by atoms with Crippen molar-refractivity contribution in [1.82, 2.24) is 0 Å². The maximum atomic E-state index is 11.8. The third-order valence-electron chi connectivity index (χ3n) is 2.28. The molecule has 0 saturated heterocycles. The van der Waals surface area contributed by atoms with Gasteiger partial charge in [0.05, 0.1) is 25.4 Å². The van der Waals surface area contributed by atoms with Gasteiger partial charge in [-0.3, -0.25) is 0 Å². The molecule has 5 heteroatoms. The lowest BCUT2D eigenvalue weighted by Gasteiger charge is -2.13. The normalized spacial score (nSPS) is 10.1. The SMILES string of the molecule is CCCOc1cc(C(=O)OCC)cc(OCC)c1Br. The Labute approximate surface area is 122 Å². The van der Waals surface area contributed by atoms with Crippen molar-refractivity contribution in [3.63, 3.8) is 0 Å². The molecule has 0 atom stereocenters. The minimum Gasteiger partial charge on any atom is -0.493 e. The van der Waals surface area contributed by atoms with E-state index in [9.17, 15) is 4.79 Å². The Morgan fingerprint density at radius 2 is 1.74 bits per heavy atom. The van der Waals surface area contributed by atoms with Crippen LogP contribution in [0.2, 0.25) is 0 Å². The molecular weight excluding hydrogens is 312 g/mol. The lowest BCUT2D eigenvalue weighted by atomic mass is 10.2. The fourth-order valence-electron chi connectivity index (χ4n) is 1.48. The van der Waals surface area contributed by atoms with Crippen LogP contribution >= 0.6 is 15.9 Å². The molecule has 0 aliphatic heterocycles. The van der Waals surface area contributed by atoms with Crippen molar-refractivity contribution in [1.29, 1.82) is 0 Å². The minimum absolute atomic E-state index is 0.337. The van der Waals surface area contributed by atoms with E-state index >= 15 is 0 Å². The van der Waals surface area contributed by atoms with Crippen molar-refractivity contribution < 1.29 is 19.0 Å². The number of carbonyl (C=O) groups is 1. The molecule has 0 N–H and O–H groups in total. The van der Waals surface area contributed by atoms with Gasteiger partial charge in [-0.05, 0) is 48.3 Å². The maximum Gasteiger partial charge on any atom is 0.338 e. The average Bonchev–Trinajstić information content (AvgIpc) is 2.40. The molecule has 0 aromatic heterocycles. The zero-order valence-corrected chi connectivity index (χ0v) is 13.1. The fraction of sp³-hybridized carbons (Fsp3) is 0.500. The van der Waals surface area contributed by atoms with E-state index in [4.69, 9.17) is 14.2 Å². The molecule has 1 rings (SSSR count). The van der Waals surface area contributed by atoms with Crippen LogP contribution in [-0.2, 0) is 4.74 Å². The molecule has 1 aromatic carbocycles. The van der Waals surface area contributed by atoms with Crippen molar-refractivity contribution in [3.8, 4) is 11.5 Å². The Morgan fingerprint density at radius 1 is 1.11 bits per heavy atom. The van der Waals surface area contributed by atoms with Gasteiger partial charge in [0.2, 0.25) is 0 Å². The van der Waals surface area contributed by atoms with Crippen molar-refractivity contribution in [2.75, 3.05) is 19.8 Å². The predicted molar refractivity (Wildman–Crippen MR) is 77.1 cm³/mol. The van der Waals surface area contributed by atoms with Gasteiger partial charge < -0.3 is 14.2 Å². The summed E-state index contributed by atoms with van der Waals surface area (Å²) in [4.78, 5) is 11.8. The molecule has 0 bridgehead atoms. The molecule has 0 fully saturated rings. The number of benzene rings is 1. The predicted octanol–water partition coefficient (Wildman–Crippen LogP) is 3.81. The monoisotopic (exact) mass is 330 g/mol. The van der Waals surface area contributed by atoms with Crippen LogP contribution in [0.4, 0.5) is 0 Å². The first-order valence-corrected chi connectivity index (χ1v) is 7.19. The van der Waals surface area contributed by atoms with Gasteiger partial charge in [0, 0.05) is 0 Å². The van der Waals surface area contributed by atoms with E-state index in [1.54, 1.807) is 19.1 Å². The van der Waals surface area contributed by atoms with Crippen LogP contribution in [-0.4, -0.2) is 25.8 Å². The lowest BCUT2D eigenvalue weighted by Crippen LogP contribution is -2.07. The molecule has 19 heavy (non-hydrogen) atoms. The highest BCUT2D eigenvalue weighted by molar-refractivity contribution is 9.10. The molecule has 0 amide bonds. The number of ether oxygens (including phenoxy) is 3. The first kappa shape index (κ1) is 15.8. The third-order valence-corrected chi connectivity index (χ3v) is 3.06. The summed E-state index contributed by atoms with van der Waals surface area (Å²) in [5.41, 5.74) is 0.430. The van der Waals surface area contributed by atoms with Gasteiger partial charge >= 0.3 is 5.97 Å². The largest absolute Gasteiger partial charge is 0.493 e. The Morgan fingerprint density at radius 3 is 2.26 bits per heavy atom. The standard InChI is InChI=1S/C14H19BrO4/c1-4-7-19-12-9-10(14(16)18-6-3)8-11(13(12)15)17-5-2/h8-9H,4-7H2,1-3H3. The van der Waals surface area contributed by atoms with E-state index in [0.29, 0.717) is 36.9 Å². The minimum atomic E-state index is -0.377. The van der Waals surface area contributed by atoms with Gasteiger partial charge in [-0.15, -0.1) is 0 Å². The van der Waals surface area contributed by atoms with E-state index in [2.05, 4.69) is 15.9 Å². The molecule has 0 aliphatic rings. The first-order chi connectivity index (χ1) is 9.13. The smallest absolute Gasteiger partial charge is 0.338 e. The summed E-state index contributed by atoms with van der Waals surface area (Å²) in [7, 11) is 0. The van der Waals surface area contributed by atoms with Gasteiger partial charge in [0.25, 0.3) is 0 Å². The number of rotatable bonds is 7. The summed E-state index contributed by atoms with van der Waals surface area (Å²) in [5, 5.41) is 0. The molecule has 0 aliphatic carbocycles. The van der Waals surface area contributed by atoms with Crippen molar-refractivity contribution in [2.45, 2.75) is 27.2 Å². The molecule has 106 valence electrons. The Balaban J connectivity index is 3.10. The Kier molecular flexibility index (Phi) is 6.70. The van der Waals surface area contributed by atoms with Gasteiger partial charge in [-0.1, -0.05) is 6.92 Å². The zero-order chi connectivity index (χ0) is 14.3. The summed E-state index contributed by atoms with van der Waals surface area (Å²) in [6.07, 6.45) is 0.889. The molecule has 0 radical (unpaired) electrons. The van der Waals surface area contributed by atoms with E-state index < -0.39 is 0 Å². The summed E-state index contributed by atoms with van der Waals surface area (Å²) in [6, 6.07) is 3.32. The molecule has 0 spiro atoms. The average molecular weight is 331 g/mol. The van der Waals surface area contributed by atoms with Crippen molar-refractivity contribution in [3.05, 3.63) is 22.2 Å². The van der Waals surface area contributed by atoms with Crippen LogP contribution < -0.4 is 9.47 Å². The molecule has 0 heterocycles. The molecule has 1 aromatic rings. The van der Waals surface area contributed by atoms with Crippen LogP contribution in [0.25, 0.3) is 0 Å². The number of hydrogen-bond donors (Lipinski definition) is 0. The van der Waals surface area contributed by atoms with Crippen LogP contribution in [0, 0.1) is 0 Å². The van der Waals surface area contributed by atoms with Crippen LogP contribution in [0.1, 0.15) is 37.6 Å². The second-order valence-corrected chi connectivity index (χ2v) is 4.58. The third kappa shape index (κ3) is 4.42. The highest BCUT2D eigenvalue weighted by Gasteiger charge is 2.16. The van der Waals surface area contributed by atoms with E-state index in [1.807, 2.05) is 13.8 Å². The Bertz CT molecular complexity index is 432. The van der Waals surface area contributed by atoms with Crippen LogP contribution in [0.3, 0.4) is 0 Å². The van der Waals surface area contributed by atoms with Gasteiger partial charge in [-0.2, -0.15) is 0 Å². The van der Waals surface area contributed by atoms with Gasteiger partial charge in [0.15, 0.2) is 0 Å². The fourth-order valence-corrected chi connectivity index (χ4v) is 1.94. The molecule has 0 unspecified atom stereocenters. The lowest BCUT2D eigenvalue weighted by molar-refractivity contribution is 0.0525. The molecule has 0 saturated carbocycles. The first-order valence-electron chi connectivity index (χ1n) is 6.40. The molecule has 4 nitrogen and oxygen atoms in total. The quantitative estimate of drug-likeness (QED) is 0.713. The van der Waals surface area contributed by atoms with Crippen LogP contribution in [0.5, 0.6) is 11.5 Å². The highest BCUT2D eigenvalue weighted by atomic mass is 79.9.